The summed E-state index contributed by atoms with van der Waals surface area (Å²) >= 11 is 0. The highest BCUT2D eigenvalue weighted by atomic mass is 16.6. The molecular weight excluding hydrogens is 414 g/mol. The summed E-state index contributed by atoms with van der Waals surface area (Å²) in [5.41, 5.74) is 1.54. The summed E-state index contributed by atoms with van der Waals surface area (Å²) in [6.45, 7) is 1.71. The van der Waals surface area contributed by atoms with E-state index >= 15 is 0 Å². The Balaban J connectivity index is 1.62. The Kier molecular flexibility index (Phi) is 5.43. The molecule has 0 saturated heterocycles. The molecule has 0 saturated carbocycles. The van der Waals surface area contributed by atoms with Crippen LogP contribution >= 0.6 is 0 Å². The minimum absolute atomic E-state index is 0.0248. The van der Waals surface area contributed by atoms with Crippen molar-refractivity contribution < 1.29 is 28.7 Å². The molecule has 0 unspecified atom stereocenters. The van der Waals surface area contributed by atoms with Crippen LogP contribution in [0.3, 0.4) is 0 Å². The van der Waals surface area contributed by atoms with Crippen LogP contribution in [0.15, 0.2) is 66.4 Å². The van der Waals surface area contributed by atoms with Gasteiger partial charge in [-0.05, 0) is 42.3 Å². The Labute approximate surface area is 182 Å². The zero-order valence-corrected chi connectivity index (χ0v) is 17.2. The number of ether oxygens (including phenoxy) is 3. The van der Waals surface area contributed by atoms with Gasteiger partial charge in [0.05, 0.1) is 17.6 Å². The van der Waals surface area contributed by atoms with E-state index in [-0.39, 0.29) is 34.3 Å². The van der Waals surface area contributed by atoms with E-state index in [1.165, 1.54) is 37.5 Å². The number of nitro groups is 1. The first-order valence-electron chi connectivity index (χ1n) is 9.56. The summed E-state index contributed by atoms with van der Waals surface area (Å²) in [5, 5.41) is 11.0. The van der Waals surface area contributed by atoms with Gasteiger partial charge in [-0.2, -0.15) is 0 Å². The summed E-state index contributed by atoms with van der Waals surface area (Å²) < 4.78 is 16.4. The Morgan fingerprint density at radius 3 is 2.62 bits per heavy atom. The van der Waals surface area contributed by atoms with Gasteiger partial charge in [-0.1, -0.05) is 24.3 Å². The quantitative estimate of drug-likeness (QED) is 0.189. The number of nitro benzene ring substituents is 1. The number of esters is 1. The summed E-state index contributed by atoms with van der Waals surface area (Å²) in [5.74, 6) is -0.109. The third kappa shape index (κ3) is 3.93. The predicted octanol–water partition coefficient (Wildman–Crippen LogP) is 4.75. The summed E-state index contributed by atoms with van der Waals surface area (Å²) in [7, 11) is 1.46. The molecule has 0 N–H and O–H groups in total. The number of allylic oxidation sites excluding steroid dienone is 1. The van der Waals surface area contributed by atoms with Gasteiger partial charge in [0.15, 0.2) is 5.76 Å². The van der Waals surface area contributed by atoms with Gasteiger partial charge in [0.25, 0.3) is 5.69 Å². The number of methoxy groups -OCH3 is 1. The largest absolute Gasteiger partial charge is 0.496 e. The lowest BCUT2D eigenvalue weighted by atomic mass is 10.0. The van der Waals surface area contributed by atoms with E-state index in [1.54, 1.807) is 43.3 Å². The SMILES string of the molecule is COc1ccccc1C(=O)Oc1cc(C)c2c(c1)O/C(=C\c1cccc([N+](=O)[O-])c1)C2=O. The fourth-order valence-electron chi connectivity index (χ4n) is 3.39. The highest BCUT2D eigenvalue weighted by Gasteiger charge is 2.30. The fraction of sp³-hybridized carbons (Fsp3) is 0.0833. The molecule has 1 aliphatic heterocycles. The highest BCUT2D eigenvalue weighted by Crippen LogP contribution is 2.38. The van der Waals surface area contributed by atoms with Gasteiger partial charge in [0.1, 0.15) is 22.8 Å². The van der Waals surface area contributed by atoms with E-state index in [0.717, 1.165) is 0 Å². The van der Waals surface area contributed by atoms with Crippen molar-refractivity contribution in [1.29, 1.82) is 0 Å². The van der Waals surface area contributed by atoms with Crippen molar-refractivity contribution in [2.24, 2.45) is 0 Å². The number of nitrogens with zero attached hydrogens (tertiary/aromatic N) is 1. The van der Waals surface area contributed by atoms with Crippen molar-refractivity contribution in [3.05, 3.63) is 98.8 Å². The van der Waals surface area contributed by atoms with E-state index in [0.29, 0.717) is 22.4 Å². The first-order chi connectivity index (χ1) is 15.4. The molecule has 0 amide bonds. The van der Waals surface area contributed by atoms with Crippen LogP contribution in [0.1, 0.15) is 31.8 Å². The van der Waals surface area contributed by atoms with E-state index in [4.69, 9.17) is 14.2 Å². The Bertz CT molecular complexity index is 1290. The maximum Gasteiger partial charge on any atom is 0.347 e. The third-order valence-electron chi connectivity index (χ3n) is 4.86. The number of rotatable bonds is 5. The van der Waals surface area contributed by atoms with Gasteiger partial charge < -0.3 is 14.2 Å². The number of fused-ring (bicyclic) bond motifs is 1. The van der Waals surface area contributed by atoms with E-state index in [9.17, 15) is 19.7 Å². The van der Waals surface area contributed by atoms with Gasteiger partial charge in [-0.25, -0.2) is 4.79 Å². The second-order valence-corrected chi connectivity index (χ2v) is 6.99. The average Bonchev–Trinajstić information content (AvgIpc) is 3.09. The standard InChI is InChI=1S/C24H17NO7/c1-14-10-17(31-24(27)18-8-3-4-9-19(18)30-2)13-20-22(14)23(26)21(32-20)12-15-6-5-7-16(11-15)25(28)29/h3-13H,1-2H3/b21-12-. The lowest BCUT2D eigenvalue weighted by Gasteiger charge is -2.10. The second-order valence-electron chi connectivity index (χ2n) is 6.99. The van der Waals surface area contributed by atoms with Crippen molar-refractivity contribution in [1.82, 2.24) is 0 Å². The normalized spacial score (nSPS) is 13.4. The third-order valence-corrected chi connectivity index (χ3v) is 4.86. The van der Waals surface area contributed by atoms with Crippen LogP contribution in [0.25, 0.3) is 6.08 Å². The Hall–Kier alpha value is -4.46. The maximum absolute atomic E-state index is 12.8. The average molecular weight is 431 g/mol. The van der Waals surface area contributed by atoms with Crippen molar-refractivity contribution in [3.63, 3.8) is 0 Å². The van der Waals surface area contributed by atoms with Crippen LogP contribution in [0.4, 0.5) is 5.69 Å². The number of aryl methyl sites for hydroxylation is 1. The number of benzene rings is 3. The molecule has 0 atom stereocenters. The fourth-order valence-corrected chi connectivity index (χ4v) is 3.39. The predicted molar refractivity (Wildman–Crippen MR) is 115 cm³/mol. The molecule has 0 radical (unpaired) electrons. The van der Waals surface area contributed by atoms with Crippen LogP contribution in [0.2, 0.25) is 0 Å². The van der Waals surface area contributed by atoms with Crippen LogP contribution in [-0.4, -0.2) is 23.8 Å². The minimum atomic E-state index is -0.613. The molecular formula is C24H17NO7. The van der Waals surface area contributed by atoms with E-state index in [1.807, 2.05) is 0 Å². The first-order valence-corrected chi connectivity index (χ1v) is 9.56. The number of ketones is 1. The van der Waals surface area contributed by atoms with Crippen LogP contribution in [0, 0.1) is 17.0 Å². The first kappa shape index (κ1) is 20.8. The molecule has 1 aliphatic rings. The molecule has 3 aromatic rings. The number of Topliss-reactive ketones (excluding diaryl/α,β-unsaturated/α-hetero) is 1. The van der Waals surface area contributed by atoms with Crippen molar-refractivity contribution in [2.45, 2.75) is 6.92 Å². The lowest BCUT2D eigenvalue weighted by Crippen LogP contribution is -2.10. The molecule has 8 nitrogen and oxygen atoms in total. The summed E-state index contributed by atoms with van der Waals surface area (Å²) in [6, 6.07) is 15.6. The monoisotopic (exact) mass is 431 g/mol. The van der Waals surface area contributed by atoms with Crippen LogP contribution in [0.5, 0.6) is 17.2 Å². The molecule has 4 rings (SSSR count). The molecule has 3 aromatic carbocycles. The van der Waals surface area contributed by atoms with E-state index in [2.05, 4.69) is 0 Å². The van der Waals surface area contributed by atoms with Gasteiger partial charge in [-0.3, -0.25) is 14.9 Å². The molecule has 32 heavy (non-hydrogen) atoms. The van der Waals surface area contributed by atoms with Crippen LogP contribution in [-0.2, 0) is 0 Å². The smallest absolute Gasteiger partial charge is 0.347 e. The zero-order chi connectivity index (χ0) is 22.8. The highest BCUT2D eigenvalue weighted by molar-refractivity contribution is 6.15. The van der Waals surface area contributed by atoms with Gasteiger partial charge in [0, 0.05) is 18.2 Å². The van der Waals surface area contributed by atoms with Crippen LogP contribution < -0.4 is 14.2 Å². The van der Waals surface area contributed by atoms with Crippen molar-refractivity contribution in [2.75, 3.05) is 7.11 Å². The molecule has 0 aliphatic carbocycles. The Morgan fingerprint density at radius 2 is 1.88 bits per heavy atom. The molecule has 0 aromatic heterocycles. The molecule has 0 spiro atoms. The number of hydrogen-bond donors (Lipinski definition) is 0. The maximum atomic E-state index is 12.8. The van der Waals surface area contributed by atoms with Gasteiger partial charge in [-0.15, -0.1) is 0 Å². The van der Waals surface area contributed by atoms with E-state index < -0.39 is 10.9 Å². The summed E-state index contributed by atoms with van der Waals surface area (Å²) in [6.07, 6.45) is 1.44. The number of carbonyl (C=O) groups is 2. The number of hydrogen-bond acceptors (Lipinski definition) is 7. The number of non-ortho nitro benzene ring substituents is 1. The zero-order valence-electron chi connectivity index (χ0n) is 17.2. The van der Waals surface area contributed by atoms with Gasteiger partial charge in [0.2, 0.25) is 5.78 Å². The van der Waals surface area contributed by atoms with Gasteiger partial charge >= 0.3 is 5.97 Å². The minimum Gasteiger partial charge on any atom is -0.496 e. The molecule has 0 fully saturated rings. The Morgan fingerprint density at radius 1 is 1.09 bits per heavy atom. The molecule has 0 bridgehead atoms. The molecule has 1 heterocycles. The topological polar surface area (TPSA) is 105 Å². The molecule has 160 valence electrons. The molecule has 8 heteroatoms. The van der Waals surface area contributed by atoms with Crippen molar-refractivity contribution >= 4 is 23.5 Å². The van der Waals surface area contributed by atoms with Crippen molar-refractivity contribution in [3.8, 4) is 17.2 Å². The number of para-hydroxylation sites is 1. The number of carbonyl (C=O) groups excluding carboxylic acids is 2. The lowest BCUT2D eigenvalue weighted by molar-refractivity contribution is -0.384. The second kappa shape index (κ2) is 8.35. The summed E-state index contributed by atoms with van der Waals surface area (Å²) in [4.78, 5) is 35.9.